The molecule has 1 fully saturated rings. The summed E-state index contributed by atoms with van der Waals surface area (Å²) in [4.78, 5) is 13.0. The van der Waals surface area contributed by atoms with Gasteiger partial charge in [0.05, 0.1) is 6.04 Å². The number of aliphatic hydroxyl groups excluding tert-OH is 1. The molecule has 1 heterocycles. The van der Waals surface area contributed by atoms with Crippen molar-refractivity contribution >= 4 is 5.91 Å². The number of hydrogen-bond acceptors (Lipinski definition) is 2. The SMILES string of the molecule is CC(C)C#CC1CCCN1C(=O)CO. The Hall–Kier alpha value is -1.01. The van der Waals surface area contributed by atoms with Crippen LogP contribution in [0.1, 0.15) is 26.7 Å². The minimum Gasteiger partial charge on any atom is -0.387 e. The monoisotopic (exact) mass is 195 g/mol. The summed E-state index contributed by atoms with van der Waals surface area (Å²) in [5, 5.41) is 8.75. The quantitative estimate of drug-likeness (QED) is 0.623. The maximum Gasteiger partial charge on any atom is 0.249 e. The number of amides is 1. The molecule has 1 atom stereocenters. The highest BCUT2D eigenvalue weighted by atomic mass is 16.3. The van der Waals surface area contributed by atoms with E-state index < -0.39 is 6.61 Å². The first-order valence-corrected chi connectivity index (χ1v) is 5.06. The number of nitrogens with zero attached hydrogens (tertiary/aromatic N) is 1. The zero-order chi connectivity index (χ0) is 10.6. The van der Waals surface area contributed by atoms with Gasteiger partial charge in [0.25, 0.3) is 0 Å². The Labute approximate surface area is 85.1 Å². The van der Waals surface area contributed by atoms with Crippen LogP contribution in [0.2, 0.25) is 0 Å². The highest BCUT2D eigenvalue weighted by molar-refractivity contribution is 5.78. The second kappa shape index (κ2) is 5.02. The smallest absolute Gasteiger partial charge is 0.249 e. The lowest BCUT2D eigenvalue weighted by molar-refractivity contribution is -0.134. The number of hydrogen-bond donors (Lipinski definition) is 1. The largest absolute Gasteiger partial charge is 0.387 e. The Morgan fingerprint density at radius 1 is 1.64 bits per heavy atom. The molecule has 3 nitrogen and oxygen atoms in total. The van der Waals surface area contributed by atoms with E-state index in [1.165, 1.54) is 0 Å². The molecule has 1 saturated heterocycles. The van der Waals surface area contributed by atoms with E-state index in [9.17, 15) is 4.79 Å². The average molecular weight is 195 g/mol. The zero-order valence-electron chi connectivity index (χ0n) is 8.79. The van der Waals surface area contributed by atoms with Crippen LogP contribution in [0.4, 0.5) is 0 Å². The lowest BCUT2D eigenvalue weighted by atomic mass is 10.1. The zero-order valence-corrected chi connectivity index (χ0v) is 8.79. The molecule has 0 spiro atoms. The van der Waals surface area contributed by atoms with Crippen LogP contribution in [0.15, 0.2) is 0 Å². The average Bonchev–Trinajstić information content (AvgIpc) is 2.61. The van der Waals surface area contributed by atoms with Gasteiger partial charge in [0.2, 0.25) is 5.91 Å². The van der Waals surface area contributed by atoms with Gasteiger partial charge in [-0.1, -0.05) is 25.7 Å². The third kappa shape index (κ3) is 2.74. The van der Waals surface area contributed by atoms with Crippen LogP contribution in [0, 0.1) is 17.8 Å². The van der Waals surface area contributed by atoms with Gasteiger partial charge in [-0.05, 0) is 12.8 Å². The van der Waals surface area contributed by atoms with Crippen molar-refractivity contribution in [1.82, 2.24) is 4.90 Å². The molecule has 1 amide bonds. The Bertz CT molecular complexity index is 262. The summed E-state index contributed by atoms with van der Waals surface area (Å²) in [6, 6.07) is 0.0250. The first kappa shape index (κ1) is 11.1. The van der Waals surface area contributed by atoms with Gasteiger partial charge in [-0.2, -0.15) is 0 Å². The molecule has 1 rings (SSSR count). The second-order valence-electron chi connectivity index (χ2n) is 3.85. The normalized spacial score (nSPS) is 20.9. The molecule has 0 aromatic rings. The molecule has 14 heavy (non-hydrogen) atoms. The fourth-order valence-corrected chi connectivity index (χ4v) is 1.57. The molecule has 0 saturated carbocycles. The van der Waals surface area contributed by atoms with E-state index in [1.54, 1.807) is 4.90 Å². The molecular weight excluding hydrogens is 178 g/mol. The van der Waals surface area contributed by atoms with E-state index in [4.69, 9.17) is 5.11 Å². The van der Waals surface area contributed by atoms with E-state index in [1.807, 2.05) is 13.8 Å². The molecule has 0 bridgehead atoms. The van der Waals surface area contributed by atoms with Crippen molar-refractivity contribution in [2.24, 2.45) is 5.92 Å². The molecule has 1 unspecified atom stereocenters. The molecule has 0 aliphatic carbocycles. The number of aliphatic hydroxyl groups is 1. The summed E-state index contributed by atoms with van der Waals surface area (Å²) in [6.07, 6.45) is 1.93. The third-order valence-corrected chi connectivity index (χ3v) is 2.25. The van der Waals surface area contributed by atoms with Gasteiger partial charge >= 0.3 is 0 Å². The Balaban J connectivity index is 2.61. The predicted molar refractivity (Wildman–Crippen MR) is 54.4 cm³/mol. The van der Waals surface area contributed by atoms with Crippen molar-refractivity contribution < 1.29 is 9.90 Å². The fraction of sp³-hybridized carbons (Fsp3) is 0.727. The number of rotatable bonds is 1. The van der Waals surface area contributed by atoms with Crippen molar-refractivity contribution in [3.63, 3.8) is 0 Å². The van der Waals surface area contributed by atoms with Crippen LogP contribution in [0.25, 0.3) is 0 Å². The minimum atomic E-state index is -0.403. The van der Waals surface area contributed by atoms with Crippen LogP contribution in [0.3, 0.4) is 0 Å². The minimum absolute atomic E-state index is 0.0250. The highest BCUT2D eigenvalue weighted by Gasteiger charge is 2.26. The lowest BCUT2D eigenvalue weighted by Crippen LogP contribution is -2.36. The highest BCUT2D eigenvalue weighted by Crippen LogP contribution is 2.16. The van der Waals surface area contributed by atoms with E-state index >= 15 is 0 Å². The first-order chi connectivity index (χ1) is 6.65. The molecule has 1 aliphatic rings. The topological polar surface area (TPSA) is 40.5 Å². The summed E-state index contributed by atoms with van der Waals surface area (Å²) in [6.45, 7) is 4.39. The lowest BCUT2D eigenvalue weighted by Gasteiger charge is -2.19. The Kier molecular flexibility index (Phi) is 3.97. The fourth-order valence-electron chi connectivity index (χ4n) is 1.57. The van der Waals surface area contributed by atoms with Crippen molar-refractivity contribution in [3.8, 4) is 11.8 Å². The standard InChI is InChI=1S/C11H17NO2/c1-9(2)5-6-10-4-3-7-12(10)11(14)8-13/h9-10,13H,3-4,7-8H2,1-2H3. The number of carbonyl (C=O) groups excluding carboxylic acids is 1. The first-order valence-electron chi connectivity index (χ1n) is 5.06. The Morgan fingerprint density at radius 2 is 2.36 bits per heavy atom. The van der Waals surface area contributed by atoms with Gasteiger partial charge in [0.1, 0.15) is 6.61 Å². The van der Waals surface area contributed by atoms with Crippen LogP contribution < -0.4 is 0 Å². The maximum absolute atomic E-state index is 11.3. The summed E-state index contributed by atoms with van der Waals surface area (Å²) >= 11 is 0. The number of likely N-dealkylation sites (tertiary alicyclic amines) is 1. The molecule has 3 heteroatoms. The molecule has 78 valence electrons. The van der Waals surface area contributed by atoms with Gasteiger partial charge in [-0.3, -0.25) is 4.79 Å². The molecular formula is C11H17NO2. The van der Waals surface area contributed by atoms with Crippen LogP contribution in [-0.2, 0) is 4.79 Å². The van der Waals surface area contributed by atoms with E-state index in [2.05, 4.69) is 11.8 Å². The van der Waals surface area contributed by atoms with E-state index in [0.717, 1.165) is 19.4 Å². The van der Waals surface area contributed by atoms with Gasteiger partial charge in [0, 0.05) is 12.5 Å². The van der Waals surface area contributed by atoms with Crippen molar-refractivity contribution in [2.45, 2.75) is 32.7 Å². The van der Waals surface area contributed by atoms with Gasteiger partial charge in [0.15, 0.2) is 0 Å². The second-order valence-corrected chi connectivity index (χ2v) is 3.85. The predicted octanol–water partition coefficient (Wildman–Crippen LogP) is 0.629. The molecule has 0 radical (unpaired) electrons. The van der Waals surface area contributed by atoms with Crippen molar-refractivity contribution in [3.05, 3.63) is 0 Å². The van der Waals surface area contributed by atoms with Crippen LogP contribution in [-0.4, -0.2) is 35.1 Å². The summed E-state index contributed by atoms with van der Waals surface area (Å²) in [5.41, 5.74) is 0. The van der Waals surface area contributed by atoms with E-state index in [0.29, 0.717) is 5.92 Å². The molecule has 1 N–H and O–H groups in total. The Morgan fingerprint density at radius 3 is 2.93 bits per heavy atom. The van der Waals surface area contributed by atoms with Gasteiger partial charge in [-0.15, -0.1) is 0 Å². The van der Waals surface area contributed by atoms with E-state index in [-0.39, 0.29) is 11.9 Å². The van der Waals surface area contributed by atoms with Crippen LogP contribution in [0.5, 0.6) is 0 Å². The third-order valence-electron chi connectivity index (χ3n) is 2.25. The maximum atomic E-state index is 11.3. The van der Waals surface area contributed by atoms with Gasteiger partial charge < -0.3 is 10.0 Å². The van der Waals surface area contributed by atoms with Crippen molar-refractivity contribution in [2.75, 3.05) is 13.2 Å². The summed E-state index contributed by atoms with van der Waals surface area (Å²) in [7, 11) is 0. The molecule has 1 aliphatic heterocycles. The number of carbonyl (C=O) groups is 1. The molecule has 0 aromatic carbocycles. The summed E-state index contributed by atoms with van der Waals surface area (Å²) < 4.78 is 0. The summed E-state index contributed by atoms with van der Waals surface area (Å²) in [5.74, 6) is 6.29. The van der Waals surface area contributed by atoms with Crippen molar-refractivity contribution in [1.29, 1.82) is 0 Å². The molecule has 0 aromatic heterocycles. The van der Waals surface area contributed by atoms with Gasteiger partial charge in [-0.25, -0.2) is 0 Å². The van der Waals surface area contributed by atoms with Crippen LogP contribution >= 0.6 is 0 Å².